The van der Waals surface area contributed by atoms with E-state index in [0.717, 1.165) is 42.8 Å². The Balaban J connectivity index is 1.41. The summed E-state index contributed by atoms with van der Waals surface area (Å²) >= 11 is 0. The van der Waals surface area contributed by atoms with Gasteiger partial charge in [-0.25, -0.2) is 0 Å². The third kappa shape index (κ3) is 5.97. The van der Waals surface area contributed by atoms with Gasteiger partial charge in [-0.2, -0.15) is 0 Å². The van der Waals surface area contributed by atoms with Gasteiger partial charge in [-0.3, -0.25) is 24.6 Å². The van der Waals surface area contributed by atoms with E-state index in [2.05, 4.69) is 10.2 Å². The molecule has 2 aromatic carbocycles. The zero-order valence-corrected chi connectivity index (χ0v) is 21.8. The van der Waals surface area contributed by atoms with E-state index >= 15 is 0 Å². The van der Waals surface area contributed by atoms with Crippen molar-refractivity contribution in [1.82, 2.24) is 20.0 Å². The highest BCUT2D eigenvalue weighted by atomic mass is 16.6. The predicted molar refractivity (Wildman–Crippen MR) is 141 cm³/mol. The highest BCUT2D eigenvalue weighted by Gasteiger charge is 2.46. The summed E-state index contributed by atoms with van der Waals surface area (Å²) in [5, 5.41) is 14.4. The monoisotopic (exact) mass is 521 g/mol. The first-order valence-corrected chi connectivity index (χ1v) is 13.3. The fraction of sp³-hybridized carbons (Fsp3) is 0.500. The smallest absolute Gasteiger partial charge is 0.269 e. The van der Waals surface area contributed by atoms with Crippen LogP contribution in [0.2, 0.25) is 0 Å². The molecule has 3 aliphatic rings. The van der Waals surface area contributed by atoms with E-state index in [0.29, 0.717) is 39.1 Å². The van der Waals surface area contributed by atoms with E-state index in [1.165, 1.54) is 12.1 Å². The SMILES string of the molecule is COc1cccc(CN(Cc2ccc([N+](=O)[O-])cc2)C2CC(C(=O)N3CCNCC3)N(C(=O)C3CC3)C2)c1. The Morgan fingerprint density at radius 1 is 1.05 bits per heavy atom. The number of nitro benzene ring substituents is 1. The Morgan fingerprint density at radius 3 is 2.42 bits per heavy atom. The number of carbonyl (C=O) groups is 2. The predicted octanol–water partition coefficient (Wildman–Crippen LogP) is 2.42. The summed E-state index contributed by atoms with van der Waals surface area (Å²) < 4.78 is 5.42. The van der Waals surface area contributed by atoms with Crippen LogP contribution in [0.15, 0.2) is 48.5 Å². The second-order valence-electron chi connectivity index (χ2n) is 10.4. The number of rotatable bonds is 9. The summed E-state index contributed by atoms with van der Waals surface area (Å²) in [4.78, 5) is 43.7. The lowest BCUT2D eigenvalue weighted by atomic mass is 10.1. The van der Waals surface area contributed by atoms with E-state index < -0.39 is 11.0 Å². The number of amides is 2. The van der Waals surface area contributed by atoms with Crippen molar-refractivity contribution in [3.05, 3.63) is 69.8 Å². The highest BCUT2D eigenvalue weighted by molar-refractivity contribution is 5.90. The molecule has 5 rings (SSSR count). The topological polar surface area (TPSA) is 108 Å². The van der Waals surface area contributed by atoms with Crippen molar-refractivity contribution in [2.24, 2.45) is 5.92 Å². The van der Waals surface area contributed by atoms with E-state index in [9.17, 15) is 19.7 Å². The molecule has 10 nitrogen and oxygen atoms in total. The van der Waals surface area contributed by atoms with Gasteiger partial charge in [-0.15, -0.1) is 0 Å². The maximum Gasteiger partial charge on any atom is 0.269 e. The van der Waals surface area contributed by atoms with Crippen molar-refractivity contribution in [3.63, 3.8) is 0 Å². The Bertz CT molecular complexity index is 1160. The maximum atomic E-state index is 13.6. The van der Waals surface area contributed by atoms with Gasteiger partial charge in [0, 0.05) is 69.9 Å². The normalized spacial score (nSPS) is 21.5. The third-order valence-electron chi connectivity index (χ3n) is 7.77. The fourth-order valence-corrected chi connectivity index (χ4v) is 5.49. The van der Waals surface area contributed by atoms with Gasteiger partial charge in [0.2, 0.25) is 11.8 Å². The number of likely N-dealkylation sites (tertiary alicyclic amines) is 1. The molecule has 2 aromatic rings. The number of ether oxygens (including phenoxy) is 1. The summed E-state index contributed by atoms with van der Waals surface area (Å²) in [5.74, 6) is 0.937. The molecule has 0 bridgehead atoms. The van der Waals surface area contributed by atoms with Crippen LogP contribution in [-0.2, 0) is 22.7 Å². The molecule has 0 radical (unpaired) electrons. The van der Waals surface area contributed by atoms with Gasteiger partial charge in [0.15, 0.2) is 0 Å². The van der Waals surface area contributed by atoms with Crippen LogP contribution in [0.25, 0.3) is 0 Å². The minimum atomic E-state index is -0.462. The summed E-state index contributed by atoms with van der Waals surface area (Å²) in [6.45, 7) is 4.47. The van der Waals surface area contributed by atoms with Crippen LogP contribution < -0.4 is 10.1 Å². The number of nitrogens with zero attached hydrogens (tertiary/aromatic N) is 4. The van der Waals surface area contributed by atoms with Crippen LogP contribution in [-0.4, -0.2) is 83.4 Å². The average molecular weight is 522 g/mol. The van der Waals surface area contributed by atoms with Gasteiger partial charge in [-0.1, -0.05) is 24.3 Å². The fourth-order valence-electron chi connectivity index (χ4n) is 5.49. The lowest BCUT2D eigenvalue weighted by molar-refractivity contribution is -0.384. The first-order chi connectivity index (χ1) is 18.4. The van der Waals surface area contributed by atoms with Gasteiger partial charge in [0.1, 0.15) is 11.8 Å². The number of benzene rings is 2. The molecule has 0 spiro atoms. The zero-order valence-electron chi connectivity index (χ0n) is 21.8. The van der Waals surface area contributed by atoms with E-state index in [4.69, 9.17) is 4.74 Å². The summed E-state index contributed by atoms with van der Waals surface area (Å²) in [6.07, 6.45) is 2.36. The molecule has 2 atom stereocenters. The number of methoxy groups -OCH3 is 1. The van der Waals surface area contributed by atoms with E-state index in [1.54, 1.807) is 19.2 Å². The number of nitro groups is 1. The summed E-state index contributed by atoms with van der Waals surface area (Å²) in [7, 11) is 1.64. The Hall–Kier alpha value is -3.50. The minimum absolute atomic E-state index is 0.0315. The number of carbonyl (C=O) groups excluding carboxylic acids is 2. The van der Waals surface area contributed by atoms with Crippen molar-refractivity contribution in [2.45, 2.75) is 44.4 Å². The molecule has 2 heterocycles. The molecule has 1 saturated carbocycles. The van der Waals surface area contributed by atoms with E-state index in [1.807, 2.05) is 34.1 Å². The second kappa shape index (κ2) is 11.5. The molecule has 2 saturated heterocycles. The quantitative estimate of drug-likeness (QED) is 0.399. The highest BCUT2D eigenvalue weighted by Crippen LogP contribution is 2.36. The van der Waals surface area contributed by atoms with Gasteiger partial charge < -0.3 is 19.9 Å². The lowest BCUT2D eigenvalue weighted by Gasteiger charge is -2.32. The molecular weight excluding hydrogens is 486 g/mol. The third-order valence-corrected chi connectivity index (χ3v) is 7.77. The molecule has 1 aliphatic carbocycles. The van der Waals surface area contributed by atoms with Gasteiger partial charge in [0.25, 0.3) is 5.69 Å². The molecule has 2 unspecified atom stereocenters. The van der Waals surface area contributed by atoms with Crippen LogP contribution in [0.4, 0.5) is 5.69 Å². The summed E-state index contributed by atoms with van der Waals surface area (Å²) in [6, 6.07) is 14.0. The largest absolute Gasteiger partial charge is 0.497 e. The van der Waals surface area contributed by atoms with Crippen molar-refractivity contribution >= 4 is 17.5 Å². The Morgan fingerprint density at radius 2 is 1.76 bits per heavy atom. The second-order valence-corrected chi connectivity index (χ2v) is 10.4. The molecule has 3 fully saturated rings. The average Bonchev–Trinajstić information content (AvgIpc) is 3.71. The number of hydrogen-bond donors (Lipinski definition) is 1. The van der Waals surface area contributed by atoms with Crippen molar-refractivity contribution in [3.8, 4) is 5.75 Å². The van der Waals surface area contributed by atoms with Crippen LogP contribution in [0.1, 0.15) is 30.4 Å². The minimum Gasteiger partial charge on any atom is -0.497 e. The molecule has 202 valence electrons. The number of hydrogen-bond acceptors (Lipinski definition) is 7. The molecule has 2 aliphatic heterocycles. The zero-order chi connectivity index (χ0) is 26.6. The number of piperazine rings is 1. The van der Waals surface area contributed by atoms with Crippen LogP contribution in [0, 0.1) is 16.0 Å². The van der Waals surface area contributed by atoms with Crippen LogP contribution >= 0.6 is 0 Å². The molecule has 38 heavy (non-hydrogen) atoms. The Kier molecular flexibility index (Phi) is 7.90. The Labute approximate surface area is 222 Å². The molecule has 2 amide bonds. The first-order valence-electron chi connectivity index (χ1n) is 13.3. The molecular formula is C28H35N5O5. The molecule has 10 heteroatoms. The number of nitrogens with one attached hydrogen (secondary N) is 1. The molecule has 0 aromatic heterocycles. The maximum absolute atomic E-state index is 13.6. The lowest BCUT2D eigenvalue weighted by Crippen LogP contribution is -2.53. The van der Waals surface area contributed by atoms with Gasteiger partial charge >= 0.3 is 0 Å². The summed E-state index contributed by atoms with van der Waals surface area (Å²) in [5.41, 5.74) is 2.05. The van der Waals surface area contributed by atoms with Crippen LogP contribution in [0.5, 0.6) is 5.75 Å². The van der Waals surface area contributed by atoms with Gasteiger partial charge in [0.05, 0.1) is 12.0 Å². The number of non-ortho nitro benzene ring substituents is 1. The van der Waals surface area contributed by atoms with Crippen molar-refractivity contribution < 1.29 is 19.2 Å². The standard InChI is InChI=1S/C28H35N5O5/c1-38-25-4-2-3-21(15-25)18-31(17-20-5-9-23(10-6-20)33(36)37)24-16-26(28(35)30-13-11-29-12-14-30)32(19-24)27(34)22-7-8-22/h2-6,9-10,15,22,24,26,29H,7-8,11-14,16-19H2,1H3. The van der Waals surface area contributed by atoms with Crippen molar-refractivity contribution in [1.29, 1.82) is 0 Å². The van der Waals surface area contributed by atoms with E-state index in [-0.39, 0.29) is 29.5 Å². The molecule has 1 N–H and O–H groups in total. The first kappa shape index (κ1) is 26.1. The van der Waals surface area contributed by atoms with Crippen LogP contribution in [0.3, 0.4) is 0 Å². The van der Waals surface area contributed by atoms with Crippen molar-refractivity contribution in [2.75, 3.05) is 39.8 Å². The van der Waals surface area contributed by atoms with Gasteiger partial charge in [-0.05, 0) is 42.5 Å².